The first-order valence-corrected chi connectivity index (χ1v) is 9.36. The molecule has 5 nitrogen and oxygen atoms in total. The van der Waals surface area contributed by atoms with Crippen molar-refractivity contribution in [3.8, 4) is 22.3 Å². The van der Waals surface area contributed by atoms with Gasteiger partial charge in [-0.2, -0.15) is 0 Å². The molecule has 1 aromatic carbocycles. The molecule has 3 heterocycles. The molecule has 0 atom stereocenters. The van der Waals surface area contributed by atoms with E-state index in [1.165, 1.54) is 0 Å². The maximum absolute atomic E-state index is 12.4. The second-order valence-corrected chi connectivity index (χ2v) is 6.78. The number of hydrogen-bond acceptors (Lipinski definition) is 4. The molecule has 0 aliphatic heterocycles. The van der Waals surface area contributed by atoms with E-state index in [-0.39, 0.29) is 5.91 Å². The molecule has 4 rings (SSSR count). The van der Waals surface area contributed by atoms with E-state index < -0.39 is 0 Å². The summed E-state index contributed by atoms with van der Waals surface area (Å²) >= 11 is 0. The first-order chi connectivity index (χ1) is 14.2. The molecule has 1 amide bonds. The number of pyridine rings is 3. The smallest absolute Gasteiger partial charge is 0.229 e. The number of hydrogen-bond donors (Lipinski definition) is 1. The lowest BCUT2D eigenvalue weighted by atomic mass is 10.0. The summed E-state index contributed by atoms with van der Waals surface area (Å²) in [5.41, 5.74) is 6.09. The summed E-state index contributed by atoms with van der Waals surface area (Å²) in [6.07, 6.45) is 7.35. The highest BCUT2D eigenvalue weighted by atomic mass is 16.1. The molecule has 0 unspecified atom stereocenters. The topological polar surface area (TPSA) is 67.8 Å². The number of benzene rings is 1. The molecule has 3 aromatic heterocycles. The van der Waals surface area contributed by atoms with Gasteiger partial charge in [0, 0.05) is 41.6 Å². The molecule has 0 aliphatic rings. The number of aromatic nitrogens is 3. The van der Waals surface area contributed by atoms with Crippen LogP contribution in [0.4, 0.5) is 5.82 Å². The standard InChI is InChI=1S/C24H20N4O/c1-17-13-20(10-12-26-17)19-6-4-18(5-7-19)14-24(29)28-23-9-8-22(16-27-23)21-3-2-11-25-15-21/h2-13,15-16H,14H2,1H3,(H,27,28,29). The van der Waals surface area contributed by atoms with E-state index in [4.69, 9.17) is 0 Å². The highest BCUT2D eigenvalue weighted by Crippen LogP contribution is 2.21. The fraction of sp³-hybridized carbons (Fsp3) is 0.0833. The van der Waals surface area contributed by atoms with Gasteiger partial charge in [0.25, 0.3) is 0 Å². The molecule has 0 bridgehead atoms. The highest BCUT2D eigenvalue weighted by molar-refractivity contribution is 5.91. The van der Waals surface area contributed by atoms with Gasteiger partial charge in [0.1, 0.15) is 5.82 Å². The Balaban J connectivity index is 1.38. The van der Waals surface area contributed by atoms with Crippen molar-refractivity contribution in [1.29, 1.82) is 0 Å². The van der Waals surface area contributed by atoms with Crippen molar-refractivity contribution in [2.24, 2.45) is 0 Å². The summed E-state index contributed by atoms with van der Waals surface area (Å²) in [6.45, 7) is 1.97. The summed E-state index contributed by atoms with van der Waals surface area (Å²) < 4.78 is 0. The molecule has 142 valence electrons. The monoisotopic (exact) mass is 380 g/mol. The van der Waals surface area contributed by atoms with Crippen molar-refractivity contribution in [1.82, 2.24) is 15.0 Å². The largest absolute Gasteiger partial charge is 0.310 e. The van der Waals surface area contributed by atoms with Crippen molar-refractivity contribution in [3.05, 3.63) is 96.7 Å². The van der Waals surface area contributed by atoms with Crippen LogP contribution in [0.2, 0.25) is 0 Å². The van der Waals surface area contributed by atoms with Crippen molar-refractivity contribution in [3.63, 3.8) is 0 Å². The Hall–Kier alpha value is -3.86. The third-order valence-electron chi connectivity index (χ3n) is 4.57. The lowest BCUT2D eigenvalue weighted by Gasteiger charge is -2.07. The lowest BCUT2D eigenvalue weighted by Crippen LogP contribution is -2.15. The van der Waals surface area contributed by atoms with E-state index in [2.05, 4.69) is 20.3 Å². The zero-order valence-corrected chi connectivity index (χ0v) is 16.0. The van der Waals surface area contributed by atoms with E-state index in [1.54, 1.807) is 30.9 Å². The minimum atomic E-state index is -0.0980. The maximum atomic E-state index is 12.4. The second-order valence-electron chi connectivity index (χ2n) is 6.78. The van der Waals surface area contributed by atoms with Gasteiger partial charge in [0.05, 0.1) is 6.42 Å². The predicted molar refractivity (Wildman–Crippen MR) is 114 cm³/mol. The first-order valence-electron chi connectivity index (χ1n) is 9.36. The number of amides is 1. The van der Waals surface area contributed by atoms with Gasteiger partial charge >= 0.3 is 0 Å². The Morgan fingerprint density at radius 1 is 0.828 bits per heavy atom. The highest BCUT2D eigenvalue weighted by Gasteiger charge is 2.07. The van der Waals surface area contributed by atoms with Crippen LogP contribution in [0.5, 0.6) is 0 Å². The fourth-order valence-electron chi connectivity index (χ4n) is 3.08. The Labute approximate surface area is 169 Å². The summed E-state index contributed by atoms with van der Waals surface area (Å²) in [5, 5.41) is 2.85. The van der Waals surface area contributed by atoms with Gasteiger partial charge in [0.15, 0.2) is 0 Å². The maximum Gasteiger partial charge on any atom is 0.229 e. The van der Waals surface area contributed by atoms with E-state index >= 15 is 0 Å². The average Bonchev–Trinajstić information content (AvgIpc) is 2.75. The van der Waals surface area contributed by atoms with E-state index in [9.17, 15) is 4.79 Å². The predicted octanol–water partition coefficient (Wildman–Crippen LogP) is 4.70. The average molecular weight is 380 g/mol. The van der Waals surface area contributed by atoms with Crippen LogP contribution in [0.25, 0.3) is 22.3 Å². The van der Waals surface area contributed by atoms with Crippen LogP contribution < -0.4 is 5.32 Å². The van der Waals surface area contributed by atoms with Crippen molar-refractivity contribution in [2.45, 2.75) is 13.3 Å². The van der Waals surface area contributed by atoms with E-state index in [0.29, 0.717) is 12.2 Å². The zero-order valence-electron chi connectivity index (χ0n) is 16.0. The van der Waals surface area contributed by atoms with Gasteiger partial charge < -0.3 is 5.32 Å². The van der Waals surface area contributed by atoms with Crippen LogP contribution >= 0.6 is 0 Å². The Morgan fingerprint density at radius 3 is 2.31 bits per heavy atom. The number of carbonyl (C=O) groups is 1. The first kappa shape index (κ1) is 18.5. The third kappa shape index (κ3) is 4.71. The summed E-state index contributed by atoms with van der Waals surface area (Å²) in [7, 11) is 0. The summed E-state index contributed by atoms with van der Waals surface area (Å²) in [6, 6.07) is 19.6. The molecule has 4 aromatic rings. The Bertz CT molecular complexity index is 1110. The molecule has 5 heteroatoms. The lowest BCUT2D eigenvalue weighted by molar-refractivity contribution is -0.115. The number of nitrogens with zero attached hydrogens (tertiary/aromatic N) is 3. The van der Waals surface area contributed by atoms with Crippen molar-refractivity contribution >= 4 is 11.7 Å². The van der Waals surface area contributed by atoms with Crippen molar-refractivity contribution in [2.75, 3.05) is 5.32 Å². The molecule has 0 fully saturated rings. The number of nitrogens with one attached hydrogen (secondary N) is 1. The molecule has 0 spiro atoms. The van der Waals surface area contributed by atoms with Crippen LogP contribution in [0.3, 0.4) is 0 Å². The minimum Gasteiger partial charge on any atom is -0.310 e. The second kappa shape index (κ2) is 8.44. The van der Waals surface area contributed by atoms with Crippen LogP contribution in [0.15, 0.2) is 85.5 Å². The third-order valence-corrected chi connectivity index (χ3v) is 4.57. The molecule has 1 N–H and O–H groups in total. The number of carbonyl (C=O) groups excluding carboxylic acids is 1. The molecule has 0 aliphatic carbocycles. The summed E-state index contributed by atoms with van der Waals surface area (Å²) in [5.74, 6) is 0.436. The number of aryl methyl sites for hydroxylation is 1. The molecular formula is C24H20N4O. The molecule has 29 heavy (non-hydrogen) atoms. The fourth-order valence-corrected chi connectivity index (χ4v) is 3.08. The molecular weight excluding hydrogens is 360 g/mol. The van der Waals surface area contributed by atoms with Gasteiger partial charge in [0.2, 0.25) is 5.91 Å². The normalized spacial score (nSPS) is 10.5. The van der Waals surface area contributed by atoms with E-state index in [0.717, 1.165) is 33.5 Å². The Kier molecular flexibility index (Phi) is 5.38. The van der Waals surface area contributed by atoms with Gasteiger partial charge in [-0.3, -0.25) is 14.8 Å². The minimum absolute atomic E-state index is 0.0980. The van der Waals surface area contributed by atoms with Crippen LogP contribution in [0.1, 0.15) is 11.3 Å². The molecule has 0 saturated carbocycles. The number of anilines is 1. The van der Waals surface area contributed by atoms with Gasteiger partial charge in [-0.25, -0.2) is 4.98 Å². The van der Waals surface area contributed by atoms with Crippen LogP contribution in [-0.4, -0.2) is 20.9 Å². The van der Waals surface area contributed by atoms with Gasteiger partial charge in [-0.15, -0.1) is 0 Å². The van der Waals surface area contributed by atoms with Gasteiger partial charge in [-0.05, 0) is 53.9 Å². The summed E-state index contributed by atoms with van der Waals surface area (Å²) in [4.78, 5) is 25.0. The van der Waals surface area contributed by atoms with Crippen LogP contribution in [-0.2, 0) is 11.2 Å². The van der Waals surface area contributed by atoms with E-state index in [1.807, 2.05) is 61.5 Å². The van der Waals surface area contributed by atoms with Crippen LogP contribution in [0, 0.1) is 6.92 Å². The van der Waals surface area contributed by atoms with Crippen molar-refractivity contribution < 1.29 is 4.79 Å². The SMILES string of the molecule is Cc1cc(-c2ccc(CC(=O)Nc3ccc(-c4cccnc4)cn3)cc2)ccn1. The molecule has 0 radical (unpaired) electrons. The number of rotatable bonds is 5. The Morgan fingerprint density at radius 2 is 1.62 bits per heavy atom. The zero-order chi connectivity index (χ0) is 20.1. The van der Waals surface area contributed by atoms with Gasteiger partial charge in [-0.1, -0.05) is 30.3 Å². The quantitative estimate of drug-likeness (QED) is 0.545. The molecule has 0 saturated heterocycles.